The maximum atomic E-state index is 6.04. The van der Waals surface area contributed by atoms with Crippen LogP contribution in [0.2, 0.25) is 0 Å². The highest BCUT2D eigenvalue weighted by Gasteiger charge is 2.20. The molecule has 2 aromatic rings. The van der Waals surface area contributed by atoms with Gasteiger partial charge in [-0.2, -0.15) is 5.10 Å². The molecule has 0 bridgehead atoms. The molecule has 16 heavy (non-hydrogen) atoms. The lowest BCUT2D eigenvalue weighted by molar-refractivity contribution is 0.451. The number of benzene rings is 1. The van der Waals surface area contributed by atoms with E-state index in [1.54, 1.807) is 6.33 Å². The molecule has 0 radical (unpaired) electrons. The quantitative estimate of drug-likeness (QED) is 0.846. The normalized spacial score (nSPS) is 14.7. The van der Waals surface area contributed by atoms with Gasteiger partial charge in [-0.25, -0.2) is 9.67 Å². The summed E-state index contributed by atoms with van der Waals surface area (Å²) in [6.45, 7) is 4.07. The summed E-state index contributed by atoms with van der Waals surface area (Å²) in [4.78, 5) is 3.98. The maximum Gasteiger partial charge on any atom is 0.137 e. The summed E-state index contributed by atoms with van der Waals surface area (Å²) < 4.78 is 1.81. The minimum Gasteiger partial charge on any atom is -0.326 e. The molecule has 2 N–H and O–H groups in total. The van der Waals surface area contributed by atoms with Crippen molar-refractivity contribution in [2.75, 3.05) is 0 Å². The van der Waals surface area contributed by atoms with Gasteiger partial charge in [-0.1, -0.05) is 24.3 Å². The van der Waals surface area contributed by atoms with E-state index in [4.69, 9.17) is 5.73 Å². The van der Waals surface area contributed by atoms with Crippen LogP contribution in [0.4, 0.5) is 0 Å². The Morgan fingerprint density at radius 2 is 2.06 bits per heavy atom. The lowest BCUT2D eigenvalue weighted by Crippen LogP contribution is -2.31. The molecule has 4 nitrogen and oxygen atoms in total. The molecule has 2 atom stereocenters. The summed E-state index contributed by atoms with van der Waals surface area (Å²) in [5.74, 6) is 0. The van der Waals surface area contributed by atoms with Crippen molar-refractivity contribution in [3.8, 4) is 0 Å². The third-order valence-electron chi connectivity index (χ3n) is 2.73. The fourth-order valence-electron chi connectivity index (χ4n) is 1.95. The topological polar surface area (TPSA) is 56.7 Å². The molecule has 0 saturated heterocycles. The average molecular weight is 216 g/mol. The number of hydrogen-bond donors (Lipinski definition) is 1. The van der Waals surface area contributed by atoms with Crippen molar-refractivity contribution in [3.05, 3.63) is 48.0 Å². The van der Waals surface area contributed by atoms with Crippen molar-refractivity contribution in [2.45, 2.75) is 25.9 Å². The molecule has 0 aliphatic carbocycles. The van der Waals surface area contributed by atoms with E-state index in [2.05, 4.69) is 29.1 Å². The Morgan fingerprint density at radius 3 is 2.62 bits per heavy atom. The third-order valence-corrected chi connectivity index (χ3v) is 2.73. The summed E-state index contributed by atoms with van der Waals surface area (Å²) in [5.41, 5.74) is 8.46. The van der Waals surface area contributed by atoms with Crippen LogP contribution in [0.1, 0.15) is 24.1 Å². The minimum absolute atomic E-state index is 0.0113. The first-order valence-corrected chi connectivity index (χ1v) is 5.35. The Labute approximate surface area is 95.1 Å². The number of rotatable bonds is 3. The Kier molecular flexibility index (Phi) is 3.01. The van der Waals surface area contributed by atoms with Crippen LogP contribution in [0.15, 0.2) is 36.9 Å². The zero-order chi connectivity index (χ0) is 11.5. The molecule has 4 heteroatoms. The number of aryl methyl sites for hydroxylation is 1. The van der Waals surface area contributed by atoms with Gasteiger partial charge in [0.25, 0.3) is 0 Å². The van der Waals surface area contributed by atoms with Crippen molar-refractivity contribution in [2.24, 2.45) is 5.73 Å². The molecule has 1 aromatic heterocycles. The van der Waals surface area contributed by atoms with E-state index >= 15 is 0 Å². The van der Waals surface area contributed by atoms with Gasteiger partial charge >= 0.3 is 0 Å². The van der Waals surface area contributed by atoms with Crippen LogP contribution < -0.4 is 5.73 Å². The van der Waals surface area contributed by atoms with Crippen molar-refractivity contribution < 1.29 is 0 Å². The van der Waals surface area contributed by atoms with Gasteiger partial charge in [0.15, 0.2) is 0 Å². The van der Waals surface area contributed by atoms with E-state index in [1.807, 2.05) is 23.7 Å². The molecule has 0 aliphatic rings. The van der Waals surface area contributed by atoms with Crippen LogP contribution in [0.5, 0.6) is 0 Å². The molecule has 2 unspecified atom stereocenters. The lowest BCUT2D eigenvalue weighted by Gasteiger charge is -2.22. The van der Waals surface area contributed by atoms with Crippen LogP contribution in [0, 0.1) is 6.92 Å². The Hall–Kier alpha value is -1.68. The second-order valence-corrected chi connectivity index (χ2v) is 4.04. The molecule has 1 heterocycles. The van der Waals surface area contributed by atoms with Crippen LogP contribution in [0.3, 0.4) is 0 Å². The Balaban J connectivity index is 2.45. The standard InChI is InChI=1S/C12H16N4/c1-9-5-3-4-6-11(9)12(10(2)13)16-8-14-7-15-16/h3-8,10,12H,13H2,1-2H3. The number of aromatic nitrogens is 3. The van der Waals surface area contributed by atoms with Gasteiger partial charge in [0, 0.05) is 6.04 Å². The minimum atomic E-state index is -0.0113. The van der Waals surface area contributed by atoms with Crippen LogP contribution in [0.25, 0.3) is 0 Å². The number of hydrogen-bond acceptors (Lipinski definition) is 3. The summed E-state index contributed by atoms with van der Waals surface area (Å²) in [6.07, 6.45) is 3.24. The van der Waals surface area contributed by atoms with E-state index in [0.717, 1.165) is 0 Å². The first kappa shape index (κ1) is 10.8. The summed E-state index contributed by atoms with van der Waals surface area (Å²) in [7, 11) is 0. The van der Waals surface area contributed by atoms with E-state index in [0.29, 0.717) is 0 Å². The molecule has 0 aliphatic heterocycles. The zero-order valence-electron chi connectivity index (χ0n) is 9.54. The predicted octanol–water partition coefficient (Wildman–Crippen LogP) is 1.52. The molecule has 1 aromatic carbocycles. The van der Waals surface area contributed by atoms with Crippen molar-refractivity contribution >= 4 is 0 Å². The average Bonchev–Trinajstić information content (AvgIpc) is 2.74. The Bertz CT molecular complexity index is 448. The van der Waals surface area contributed by atoms with Gasteiger partial charge in [0.1, 0.15) is 12.7 Å². The monoisotopic (exact) mass is 216 g/mol. The van der Waals surface area contributed by atoms with E-state index in [1.165, 1.54) is 17.5 Å². The van der Waals surface area contributed by atoms with E-state index in [9.17, 15) is 0 Å². The van der Waals surface area contributed by atoms with Gasteiger partial charge in [0.2, 0.25) is 0 Å². The molecule has 0 fully saturated rings. The molecule has 0 saturated carbocycles. The van der Waals surface area contributed by atoms with Gasteiger partial charge in [-0.05, 0) is 25.0 Å². The number of nitrogens with two attached hydrogens (primary N) is 1. The lowest BCUT2D eigenvalue weighted by atomic mass is 9.97. The van der Waals surface area contributed by atoms with E-state index in [-0.39, 0.29) is 12.1 Å². The maximum absolute atomic E-state index is 6.04. The molecular weight excluding hydrogens is 200 g/mol. The fraction of sp³-hybridized carbons (Fsp3) is 0.333. The fourth-order valence-corrected chi connectivity index (χ4v) is 1.95. The molecule has 0 amide bonds. The highest BCUT2D eigenvalue weighted by molar-refractivity contribution is 5.30. The highest BCUT2D eigenvalue weighted by Crippen LogP contribution is 2.22. The smallest absolute Gasteiger partial charge is 0.137 e. The zero-order valence-corrected chi connectivity index (χ0v) is 9.54. The van der Waals surface area contributed by atoms with Crippen molar-refractivity contribution in [1.29, 1.82) is 0 Å². The van der Waals surface area contributed by atoms with Gasteiger partial charge < -0.3 is 5.73 Å². The second-order valence-electron chi connectivity index (χ2n) is 4.04. The van der Waals surface area contributed by atoms with Gasteiger partial charge in [-0.15, -0.1) is 0 Å². The third kappa shape index (κ3) is 1.97. The summed E-state index contributed by atoms with van der Waals surface area (Å²) in [6, 6.07) is 8.26. The first-order chi connectivity index (χ1) is 7.70. The van der Waals surface area contributed by atoms with Crippen molar-refractivity contribution in [1.82, 2.24) is 14.8 Å². The molecule has 0 spiro atoms. The second kappa shape index (κ2) is 4.45. The highest BCUT2D eigenvalue weighted by atomic mass is 15.3. The van der Waals surface area contributed by atoms with Crippen LogP contribution >= 0.6 is 0 Å². The first-order valence-electron chi connectivity index (χ1n) is 5.35. The molecule has 84 valence electrons. The Morgan fingerprint density at radius 1 is 1.31 bits per heavy atom. The van der Waals surface area contributed by atoms with Crippen LogP contribution in [-0.2, 0) is 0 Å². The summed E-state index contributed by atoms with van der Waals surface area (Å²) in [5, 5.41) is 4.18. The van der Waals surface area contributed by atoms with Crippen LogP contribution in [-0.4, -0.2) is 20.8 Å². The van der Waals surface area contributed by atoms with E-state index < -0.39 is 0 Å². The summed E-state index contributed by atoms with van der Waals surface area (Å²) >= 11 is 0. The van der Waals surface area contributed by atoms with Gasteiger partial charge in [0.05, 0.1) is 6.04 Å². The molecule has 2 rings (SSSR count). The van der Waals surface area contributed by atoms with Crippen molar-refractivity contribution in [3.63, 3.8) is 0 Å². The predicted molar refractivity (Wildman–Crippen MR) is 63.0 cm³/mol. The largest absolute Gasteiger partial charge is 0.326 e. The SMILES string of the molecule is Cc1ccccc1C(C(C)N)n1cncn1. The number of nitrogens with zero attached hydrogens (tertiary/aromatic N) is 3. The van der Waals surface area contributed by atoms with Gasteiger partial charge in [-0.3, -0.25) is 0 Å². The molecular formula is C12H16N4.